The molecule has 0 aliphatic rings. The Hall–Kier alpha value is -2.68. The van der Waals surface area contributed by atoms with Crippen LogP contribution in [-0.2, 0) is 14.6 Å². The Morgan fingerprint density at radius 2 is 1.71 bits per heavy atom. The minimum absolute atomic E-state index is 0.00611. The van der Waals surface area contributed by atoms with Gasteiger partial charge in [-0.05, 0) is 36.8 Å². The Balaban J connectivity index is 2.01. The maximum Gasteiger partial charge on any atom is 0.221 e. The number of benzene rings is 2. The topological polar surface area (TPSA) is 81.7 Å². The number of sulfone groups is 1. The monoisotopic (exact) mass is 413 g/mol. The fourth-order valence-corrected chi connectivity index (χ4v) is 3.79. The molecule has 0 bridgehead atoms. The van der Waals surface area contributed by atoms with Gasteiger partial charge in [0, 0.05) is 12.5 Å². The molecule has 1 amide bonds. The van der Waals surface area contributed by atoms with Gasteiger partial charge in [0.05, 0.1) is 30.9 Å². The van der Waals surface area contributed by atoms with E-state index in [0.29, 0.717) is 11.3 Å². The van der Waals surface area contributed by atoms with E-state index >= 15 is 0 Å². The van der Waals surface area contributed by atoms with E-state index in [-0.39, 0.29) is 17.1 Å². The Bertz CT molecular complexity index is 963. The summed E-state index contributed by atoms with van der Waals surface area (Å²) in [6, 6.07) is 6.87. The van der Waals surface area contributed by atoms with Crippen molar-refractivity contribution in [3.05, 3.63) is 53.6 Å². The summed E-state index contributed by atoms with van der Waals surface area (Å²) in [6.45, 7) is 1.59. The third-order valence-electron chi connectivity index (χ3n) is 4.13. The number of rotatable bonds is 8. The molecule has 0 saturated heterocycles. The van der Waals surface area contributed by atoms with Crippen LogP contribution in [-0.4, -0.2) is 34.3 Å². The van der Waals surface area contributed by atoms with Crippen LogP contribution in [0.15, 0.2) is 41.3 Å². The molecule has 0 aliphatic carbocycles. The number of ether oxygens (including phenoxy) is 2. The second kappa shape index (κ2) is 9.01. The predicted octanol–water partition coefficient (Wildman–Crippen LogP) is 3.02. The maximum atomic E-state index is 13.3. The highest BCUT2D eigenvalue weighted by Gasteiger charge is 2.20. The molecule has 0 radical (unpaired) electrons. The Labute approximate surface area is 162 Å². The van der Waals surface area contributed by atoms with Crippen molar-refractivity contribution in [3.8, 4) is 11.5 Å². The van der Waals surface area contributed by atoms with Crippen molar-refractivity contribution in [3.63, 3.8) is 0 Å². The lowest BCUT2D eigenvalue weighted by atomic mass is 10.1. The first kappa shape index (κ1) is 21.6. The molecule has 0 spiro atoms. The Kier molecular flexibility index (Phi) is 6.95. The average molecular weight is 413 g/mol. The number of methoxy groups -OCH3 is 2. The van der Waals surface area contributed by atoms with Crippen molar-refractivity contribution >= 4 is 15.7 Å². The van der Waals surface area contributed by atoms with Crippen LogP contribution in [0.2, 0.25) is 0 Å². The molecule has 0 heterocycles. The van der Waals surface area contributed by atoms with Crippen LogP contribution in [0.4, 0.5) is 8.78 Å². The minimum Gasteiger partial charge on any atom is -0.493 e. The van der Waals surface area contributed by atoms with E-state index in [1.54, 1.807) is 6.92 Å². The van der Waals surface area contributed by atoms with Gasteiger partial charge in [-0.25, -0.2) is 17.2 Å². The molecule has 1 N–H and O–H groups in total. The molecule has 2 aromatic carbocycles. The molecule has 0 saturated carbocycles. The number of carbonyl (C=O) groups excluding carboxylic acids is 1. The SMILES string of the molecule is COc1ccc(S(=O)(=O)CCC(=O)NC(C)c2ccc(F)c(F)c2)cc1OC. The smallest absolute Gasteiger partial charge is 0.221 e. The summed E-state index contributed by atoms with van der Waals surface area (Å²) < 4.78 is 61.4. The molecule has 28 heavy (non-hydrogen) atoms. The normalized spacial score (nSPS) is 12.3. The lowest BCUT2D eigenvalue weighted by molar-refractivity contribution is -0.121. The van der Waals surface area contributed by atoms with Gasteiger partial charge in [-0.1, -0.05) is 6.07 Å². The van der Waals surface area contributed by atoms with Crippen molar-refractivity contribution in [1.29, 1.82) is 0 Å². The third kappa shape index (κ3) is 5.19. The van der Waals surface area contributed by atoms with Gasteiger partial charge in [0.2, 0.25) is 5.91 Å². The number of hydrogen-bond donors (Lipinski definition) is 1. The van der Waals surface area contributed by atoms with Crippen LogP contribution in [0, 0.1) is 11.6 Å². The first-order valence-corrected chi connectivity index (χ1v) is 10.0. The van der Waals surface area contributed by atoms with Crippen LogP contribution in [0.5, 0.6) is 11.5 Å². The first-order chi connectivity index (χ1) is 13.2. The number of nitrogens with one attached hydrogen (secondary N) is 1. The molecule has 0 aliphatic heterocycles. The standard InChI is InChI=1S/C19H21F2NO5S/c1-12(13-4-6-15(20)16(21)10-13)22-19(23)8-9-28(24,25)14-5-7-17(26-2)18(11-14)27-3/h4-7,10-12H,8-9H2,1-3H3,(H,22,23). The lowest BCUT2D eigenvalue weighted by Crippen LogP contribution is -2.28. The van der Waals surface area contributed by atoms with Gasteiger partial charge >= 0.3 is 0 Å². The van der Waals surface area contributed by atoms with E-state index in [0.717, 1.165) is 12.1 Å². The molecule has 9 heteroatoms. The van der Waals surface area contributed by atoms with Crippen LogP contribution in [0.1, 0.15) is 24.9 Å². The van der Waals surface area contributed by atoms with Gasteiger partial charge < -0.3 is 14.8 Å². The highest BCUT2D eigenvalue weighted by atomic mass is 32.2. The number of carbonyl (C=O) groups is 1. The van der Waals surface area contributed by atoms with Gasteiger partial charge in [0.15, 0.2) is 33.0 Å². The van der Waals surface area contributed by atoms with E-state index in [2.05, 4.69) is 5.32 Å². The largest absolute Gasteiger partial charge is 0.493 e. The Morgan fingerprint density at radius 1 is 1.04 bits per heavy atom. The van der Waals surface area contributed by atoms with E-state index in [4.69, 9.17) is 9.47 Å². The van der Waals surface area contributed by atoms with E-state index in [1.807, 2.05) is 0 Å². The average Bonchev–Trinajstić information content (AvgIpc) is 2.67. The summed E-state index contributed by atoms with van der Waals surface area (Å²) in [5.74, 6) is -2.29. The molecule has 2 rings (SSSR count). The Morgan fingerprint density at radius 3 is 2.32 bits per heavy atom. The van der Waals surface area contributed by atoms with Crippen molar-refractivity contribution in [2.75, 3.05) is 20.0 Å². The van der Waals surface area contributed by atoms with E-state index < -0.39 is 39.2 Å². The number of halogens is 2. The van der Waals surface area contributed by atoms with Gasteiger partial charge in [-0.2, -0.15) is 0 Å². The molecule has 0 fully saturated rings. The van der Waals surface area contributed by atoms with Gasteiger partial charge in [-0.15, -0.1) is 0 Å². The second-order valence-corrected chi connectivity index (χ2v) is 8.16. The summed E-state index contributed by atoms with van der Waals surface area (Å²) in [5.41, 5.74) is 0.370. The summed E-state index contributed by atoms with van der Waals surface area (Å²) in [4.78, 5) is 12.1. The zero-order chi connectivity index (χ0) is 20.9. The van der Waals surface area contributed by atoms with Crippen molar-refractivity contribution in [1.82, 2.24) is 5.32 Å². The quantitative estimate of drug-likeness (QED) is 0.720. The predicted molar refractivity (Wildman–Crippen MR) is 99.1 cm³/mol. The molecule has 152 valence electrons. The summed E-state index contributed by atoms with van der Waals surface area (Å²) >= 11 is 0. The van der Waals surface area contributed by atoms with Crippen molar-refractivity contribution < 1.29 is 31.5 Å². The van der Waals surface area contributed by atoms with Gasteiger partial charge in [0.25, 0.3) is 0 Å². The van der Waals surface area contributed by atoms with Crippen LogP contribution >= 0.6 is 0 Å². The molecular formula is C19H21F2NO5S. The summed E-state index contributed by atoms with van der Waals surface area (Å²) in [6.07, 6.45) is -0.287. The minimum atomic E-state index is -3.73. The molecule has 1 atom stereocenters. The fraction of sp³-hybridized carbons (Fsp3) is 0.316. The van der Waals surface area contributed by atoms with Crippen LogP contribution < -0.4 is 14.8 Å². The third-order valence-corrected chi connectivity index (χ3v) is 5.85. The zero-order valence-corrected chi connectivity index (χ0v) is 16.5. The van der Waals surface area contributed by atoms with Crippen molar-refractivity contribution in [2.45, 2.75) is 24.3 Å². The lowest BCUT2D eigenvalue weighted by Gasteiger charge is -2.15. The maximum absolute atomic E-state index is 13.3. The summed E-state index contributed by atoms with van der Waals surface area (Å²) in [5, 5.41) is 2.57. The molecular weight excluding hydrogens is 392 g/mol. The highest BCUT2D eigenvalue weighted by Crippen LogP contribution is 2.30. The number of amides is 1. The molecule has 2 aromatic rings. The van der Waals surface area contributed by atoms with Gasteiger partial charge in [0.1, 0.15) is 0 Å². The fourth-order valence-electron chi connectivity index (χ4n) is 2.53. The molecule has 0 aromatic heterocycles. The molecule has 6 nitrogen and oxygen atoms in total. The van der Waals surface area contributed by atoms with E-state index in [9.17, 15) is 22.0 Å². The summed E-state index contributed by atoms with van der Waals surface area (Å²) in [7, 11) is -0.906. The van der Waals surface area contributed by atoms with Crippen LogP contribution in [0.3, 0.4) is 0 Å². The zero-order valence-electron chi connectivity index (χ0n) is 15.7. The second-order valence-electron chi connectivity index (χ2n) is 6.05. The van der Waals surface area contributed by atoms with Gasteiger partial charge in [-0.3, -0.25) is 4.79 Å². The highest BCUT2D eigenvalue weighted by molar-refractivity contribution is 7.91. The van der Waals surface area contributed by atoms with Crippen molar-refractivity contribution in [2.24, 2.45) is 0 Å². The number of hydrogen-bond acceptors (Lipinski definition) is 5. The van der Waals surface area contributed by atoms with Crippen LogP contribution in [0.25, 0.3) is 0 Å². The van der Waals surface area contributed by atoms with E-state index in [1.165, 1.54) is 38.5 Å². The molecule has 1 unspecified atom stereocenters. The first-order valence-electron chi connectivity index (χ1n) is 8.37.